The van der Waals surface area contributed by atoms with Gasteiger partial charge in [0.25, 0.3) is 0 Å². The molecule has 0 radical (unpaired) electrons. The summed E-state index contributed by atoms with van der Waals surface area (Å²) >= 11 is 0. The minimum Gasteiger partial charge on any atom is -0.394 e. The highest BCUT2D eigenvalue weighted by molar-refractivity contribution is 5.86. The average molecular weight is 417 g/mol. The fourth-order valence-electron chi connectivity index (χ4n) is 4.67. The second kappa shape index (κ2) is 13.0. The Morgan fingerprint density at radius 3 is 2.40 bits per heavy atom. The van der Waals surface area contributed by atoms with E-state index in [9.17, 15) is 9.90 Å². The van der Waals surface area contributed by atoms with E-state index in [0.717, 1.165) is 19.3 Å². The van der Waals surface area contributed by atoms with Gasteiger partial charge in [-0.2, -0.15) is 0 Å². The van der Waals surface area contributed by atoms with Gasteiger partial charge in [-0.05, 0) is 48.8 Å². The van der Waals surface area contributed by atoms with Gasteiger partial charge >= 0.3 is 0 Å². The lowest BCUT2D eigenvalue weighted by molar-refractivity contribution is -0.124. The van der Waals surface area contributed by atoms with Gasteiger partial charge in [0.05, 0.1) is 12.6 Å². The Morgan fingerprint density at radius 1 is 1.10 bits per heavy atom. The van der Waals surface area contributed by atoms with Crippen LogP contribution in [-0.4, -0.2) is 36.8 Å². The van der Waals surface area contributed by atoms with Crippen molar-refractivity contribution in [1.82, 2.24) is 5.32 Å². The molecule has 0 aromatic heterocycles. The predicted molar refractivity (Wildman–Crippen MR) is 127 cm³/mol. The van der Waals surface area contributed by atoms with Gasteiger partial charge in [0.1, 0.15) is 6.04 Å². The quantitative estimate of drug-likeness (QED) is 0.484. The summed E-state index contributed by atoms with van der Waals surface area (Å²) in [5.74, 6) is 0.213. The molecule has 0 bridgehead atoms. The normalized spacial score (nSPS) is 19.8. The number of carbonyl (C=O) groups is 1. The number of fused-ring (bicyclic) bond motifs is 1. The lowest BCUT2D eigenvalue weighted by Crippen LogP contribution is -2.51. The number of aliphatic hydroxyl groups excluding tert-OH is 1. The SMILES string of the molecule is CCCCCCCCCCc1ccc2c(c1)N(C)[C@@H](C(C)C)C(=O)N[C@H](CO)CC2. The van der Waals surface area contributed by atoms with Crippen molar-refractivity contribution in [2.75, 3.05) is 18.6 Å². The van der Waals surface area contributed by atoms with E-state index in [2.05, 4.69) is 49.2 Å². The second-order valence-corrected chi connectivity index (χ2v) is 9.41. The minimum atomic E-state index is -0.228. The van der Waals surface area contributed by atoms with Crippen molar-refractivity contribution in [1.29, 1.82) is 0 Å². The van der Waals surface area contributed by atoms with Crippen LogP contribution in [0, 0.1) is 5.92 Å². The third-order valence-corrected chi connectivity index (χ3v) is 6.49. The van der Waals surface area contributed by atoms with Crippen LogP contribution in [0.3, 0.4) is 0 Å². The maximum atomic E-state index is 12.9. The van der Waals surface area contributed by atoms with Crippen molar-refractivity contribution in [3.8, 4) is 0 Å². The summed E-state index contributed by atoms with van der Waals surface area (Å²) < 4.78 is 0. The molecule has 2 atom stereocenters. The lowest BCUT2D eigenvalue weighted by Gasteiger charge is -2.33. The molecule has 4 heteroatoms. The zero-order valence-electron chi connectivity index (χ0n) is 19.8. The van der Waals surface area contributed by atoms with E-state index < -0.39 is 0 Å². The molecule has 1 aliphatic heterocycles. The maximum absolute atomic E-state index is 12.9. The van der Waals surface area contributed by atoms with Gasteiger partial charge in [0, 0.05) is 12.7 Å². The predicted octanol–water partition coefficient (Wildman–Crippen LogP) is 5.25. The Hall–Kier alpha value is -1.55. The van der Waals surface area contributed by atoms with Crippen molar-refractivity contribution in [3.63, 3.8) is 0 Å². The summed E-state index contributed by atoms with van der Waals surface area (Å²) in [5.41, 5.74) is 3.82. The van der Waals surface area contributed by atoms with E-state index in [0.29, 0.717) is 0 Å². The third-order valence-electron chi connectivity index (χ3n) is 6.49. The van der Waals surface area contributed by atoms with Crippen LogP contribution >= 0.6 is 0 Å². The Balaban J connectivity index is 2.04. The molecule has 0 fully saturated rings. The number of nitrogens with zero attached hydrogens (tertiary/aromatic N) is 1. The van der Waals surface area contributed by atoms with Crippen LogP contribution in [0.2, 0.25) is 0 Å². The summed E-state index contributed by atoms with van der Waals surface area (Å²) in [7, 11) is 2.04. The molecule has 0 unspecified atom stereocenters. The fourth-order valence-corrected chi connectivity index (χ4v) is 4.67. The molecule has 30 heavy (non-hydrogen) atoms. The molecule has 170 valence electrons. The molecule has 0 aliphatic carbocycles. The summed E-state index contributed by atoms with van der Waals surface area (Å²) in [4.78, 5) is 15.1. The van der Waals surface area contributed by atoms with E-state index in [1.54, 1.807) is 0 Å². The van der Waals surface area contributed by atoms with Crippen molar-refractivity contribution in [2.24, 2.45) is 5.92 Å². The van der Waals surface area contributed by atoms with Crippen LogP contribution < -0.4 is 10.2 Å². The van der Waals surface area contributed by atoms with Crippen molar-refractivity contribution in [2.45, 2.75) is 103 Å². The molecule has 1 aromatic rings. The largest absolute Gasteiger partial charge is 0.394 e. The highest BCUT2D eigenvalue weighted by atomic mass is 16.3. The highest BCUT2D eigenvalue weighted by Crippen LogP contribution is 2.29. The first-order valence-corrected chi connectivity index (χ1v) is 12.2. The first kappa shape index (κ1) is 24.7. The van der Waals surface area contributed by atoms with Gasteiger partial charge in [0.2, 0.25) is 5.91 Å². The Kier molecular flexibility index (Phi) is 10.7. The molecule has 0 saturated heterocycles. The number of aryl methyl sites for hydroxylation is 2. The fraction of sp³-hybridized carbons (Fsp3) is 0.731. The van der Waals surface area contributed by atoms with Crippen molar-refractivity contribution >= 4 is 11.6 Å². The zero-order valence-corrected chi connectivity index (χ0v) is 19.8. The van der Waals surface area contributed by atoms with E-state index in [1.165, 1.54) is 68.2 Å². The van der Waals surface area contributed by atoms with Gasteiger partial charge in [-0.25, -0.2) is 0 Å². The maximum Gasteiger partial charge on any atom is 0.243 e. The van der Waals surface area contributed by atoms with Crippen LogP contribution in [0.1, 0.15) is 89.7 Å². The molecular formula is C26H44N2O2. The van der Waals surface area contributed by atoms with E-state index in [4.69, 9.17) is 0 Å². The number of hydrogen-bond acceptors (Lipinski definition) is 3. The minimum absolute atomic E-state index is 0.00781. The van der Waals surface area contributed by atoms with Gasteiger partial charge in [-0.1, -0.05) is 77.8 Å². The lowest BCUT2D eigenvalue weighted by atomic mass is 9.97. The zero-order chi connectivity index (χ0) is 21.9. The van der Waals surface area contributed by atoms with Crippen LogP contribution in [-0.2, 0) is 17.6 Å². The number of aliphatic hydroxyl groups is 1. The second-order valence-electron chi connectivity index (χ2n) is 9.41. The Bertz CT molecular complexity index is 644. The number of likely N-dealkylation sites (N-methyl/N-ethyl adjacent to an activating group) is 1. The number of rotatable bonds is 11. The molecule has 1 aliphatic rings. The Labute approximate surface area is 184 Å². The monoisotopic (exact) mass is 416 g/mol. The first-order valence-electron chi connectivity index (χ1n) is 12.2. The Morgan fingerprint density at radius 2 is 1.77 bits per heavy atom. The van der Waals surface area contributed by atoms with Gasteiger partial charge < -0.3 is 15.3 Å². The number of carbonyl (C=O) groups excluding carboxylic acids is 1. The first-order chi connectivity index (χ1) is 14.5. The number of nitrogens with one attached hydrogen (secondary N) is 1. The van der Waals surface area contributed by atoms with E-state index in [-0.39, 0.29) is 30.5 Å². The van der Waals surface area contributed by atoms with Crippen LogP contribution in [0.25, 0.3) is 0 Å². The van der Waals surface area contributed by atoms with Crippen molar-refractivity contribution in [3.05, 3.63) is 29.3 Å². The molecule has 2 N–H and O–H groups in total. The third kappa shape index (κ3) is 7.30. The number of amides is 1. The number of hydrogen-bond donors (Lipinski definition) is 2. The van der Waals surface area contributed by atoms with Crippen LogP contribution in [0.15, 0.2) is 18.2 Å². The summed E-state index contributed by atoms with van der Waals surface area (Å²) in [6.45, 7) is 6.45. The molecular weight excluding hydrogens is 372 g/mol. The van der Waals surface area contributed by atoms with E-state index in [1.807, 2.05) is 7.05 Å². The molecule has 0 spiro atoms. The number of anilines is 1. The van der Waals surface area contributed by atoms with Crippen LogP contribution in [0.5, 0.6) is 0 Å². The molecule has 1 heterocycles. The molecule has 1 aromatic carbocycles. The smallest absolute Gasteiger partial charge is 0.243 e. The van der Waals surface area contributed by atoms with Gasteiger partial charge in [0.15, 0.2) is 0 Å². The number of benzene rings is 1. The molecule has 2 rings (SSSR count). The topological polar surface area (TPSA) is 52.6 Å². The van der Waals surface area contributed by atoms with Gasteiger partial charge in [-0.15, -0.1) is 0 Å². The van der Waals surface area contributed by atoms with Gasteiger partial charge in [-0.3, -0.25) is 4.79 Å². The average Bonchev–Trinajstić information content (AvgIpc) is 2.77. The number of unbranched alkanes of at least 4 members (excludes halogenated alkanes) is 7. The summed E-state index contributed by atoms with van der Waals surface area (Å²) in [6, 6.07) is 6.41. The highest BCUT2D eigenvalue weighted by Gasteiger charge is 2.31. The summed E-state index contributed by atoms with van der Waals surface area (Å²) in [5, 5.41) is 12.7. The molecule has 4 nitrogen and oxygen atoms in total. The van der Waals surface area contributed by atoms with Crippen LogP contribution in [0.4, 0.5) is 5.69 Å². The molecule has 1 amide bonds. The standard InChI is InChI=1S/C26H44N2O2/c1-5-6-7-8-9-10-11-12-13-21-14-15-22-16-17-23(19-29)27-26(30)25(20(2)3)28(4)24(22)18-21/h14-15,18,20,23,25,29H,5-13,16-17,19H2,1-4H3,(H,27,30)/t23-,25-/m0/s1. The summed E-state index contributed by atoms with van der Waals surface area (Å²) in [6.07, 6.45) is 13.4. The van der Waals surface area contributed by atoms with Crippen molar-refractivity contribution < 1.29 is 9.90 Å². The molecule has 0 saturated carbocycles. The van der Waals surface area contributed by atoms with E-state index >= 15 is 0 Å².